The summed E-state index contributed by atoms with van der Waals surface area (Å²) in [7, 11) is 0. The molecular weight excluding hydrogens is 188 g/mol. The molecule has 0 saturated heterocycles. The summed E-state index contributed by atoms with van der Waals surface area (Å²) in [6.45, 7) is 6.06. The van der Waals surface area contributed by atoms with Crippen LogP contribution in [0.1, 0.15) is 31.5 Å². The summed E-state index contributed by atoms with van der Waals surface area (Å²) in [5.41, 5.74) is 12.6. The van der Waals surface area contributed by atoms with Gasteiger partial charge in [-0.3, -0.25) is 0 Å². The number of aromatic nitrogens is 2. The van der Waals surface area contributed by atoms with E-state index in [2.05, 4.69) is 35.7 Å². The van der Waals surface area contributed by atoms with Gasteiger partial charge < -0.3 is 11.5 Å². The highest BCUT2D eigenvalue weighted by atomic mass is 15.0. The van der Waals surface area contributed by atoms with E-state index in [0.29, 0.717) is 17.3 Å². The maximum atomic E-state index is 5.71. The highest BCUT2D eigenvalue weighted by Gasteiger charge is 2.04. The molecule has 1 aromatic heterocycles. The Bertz CT molecular complexity index is 389. The molecule has 0 amide bonds. The first-order valence-corrected chi connectivity index (χ1v) is 4.89. The van der Waals surface area contributed by atoms with Crippen LogP contribution in [-0.2, 0) is 0 Å². The van der Waals surface area contributed by atoms with Crippen LogP contribution in [0.15, 0.2) is 0 Å². The smallest absolute Gasteiger partial charge is 0.222 e. The molecule has 0 unspecified atom stereocenters. The van der Waals surface area contributed by atoms with E-state index in [9.17, 15) is 0 Å². The predicted molar refractivity (Wildman–Crippen MR) is 61.9 cm³/mol. The SMILES string of the molecule is Cc1nc(N)nc(N)c1C#CCC(C)C. The molecule has 80 valence electrons. The van der Waals surface area contributed by atoms with Crippen molar-refractivity contribution in [3.8, 4) is 11.8 Å². The lowest BCUT2D eigenvalue weighted by Crippen LogP contribution is -2.04. The lowest BCUT2D eigenvalue weighted by atomic mass is 10.1. The fourth-order valence-corrected chi connectivity index (χ4v) is 1.12. The third-order valence-electron chi connectivity index (χ3n) is 1.86. The van der Waals surface area contributed by atoms with Crippen molar-refractivity contribution in [3.05, 3.63) is 11.3 Å². The maximum Gasteiger partial charge on any atom is 0.222 e. The standard InChI is InChI=1S/C11H16N4/c1-7(2)5-4-6-9-8(3)14-11(13)15-10(9)12/h7H,5H2,1-3H3,(H4,12,13,14,15). The molecule has 4 nitrogen and oxygen atoms in total. The van der Waals surface area contributed by atoms with Crippen LogP contribution in [0.5, 0.6) is 0 Å². The van der Waals surface area contributed by atoms with Crippen molar-refractivity contribution in [3.63, 3.8) is 0 Å². The van der Waals surface area contributed by atoms with Gasteiger partial charge in [-0.05, 0) is 12.8 Å². The second kappa shape index (κ2) is 4.65. The highest BCUT2D eigenvalue weighted by Crippen LogP contribution is 2.12. The number of anilines is 2. The van der Waals surface area contributed by atoms with E-state index in [1.807, 2.05) is 6.92 Å². The topological polar surface area (TPSA) is 77.8 Å². The number of hydrogen-bond donors (Lipinski definition) is 2. The molecule has 0 aliphatic rings. The molecule has 1 rings (SSSR count). The summed E-state index contributed by atoms with van der Waals surface area (Å²) in [4.78, 5) is 7.89. The quantitative estimate of drug-likeness (QED) is 0.677. The molecule has 0 radical (unpaired) electrons. The Morgan fingerprint density at radius 2 is 1.93 bits per heavy atom. The maximum absolute atomic E-state index is 5.71. The minimum atomic E-state index is 0.194. The van der Waals surface area contributed by atoms with Gasteiger partial charge in [0, 0.05) is 6.42 Å². The minimum absolute atomic E-state index is 0.194. The van der Waals surface area contributed by atoms with E-state index in [1.165, 1.54) is 0 Å². The second-order valence-electron chi connectivity index (χ2n) is 3.83. The number of hydrogen-bond acceptors (Lipinski definition) is 4. The second-order valence-corrected chi connectivity index (χ2v) is 3.83. The zero-order chi connectivity index (χ0) is 11.4. The van der Waals surface area contributed by atoms with Gasteiger partial charge in [-0.25, -0.2) is 4.98 Å². The Morgan fingerprint density at radius 1 is 1.27 bits per heavy atom. The van der Waals surface area contributed by atoms with Gasteiger partial charge in [-0.15, -0.1) is 0 Å². The number of nitrogens with two attached hydrogens (primary N) is 2. The van der Waals surface area contributed by atoms with Crippen LogP contribution in [0.3, 0.4) is 0 Å². The molecular formula is C11H16N4. The molecule has 0 aromatic carbocycles. The van der Waals surface area contributed by atoms with Crippen LogP contribution in [0.2, 0.25) is 0 Å². The molecule has 0 aliphatic heterocycles. The molecule has 4 heteroatoms. The van der Waals surface area contributed by atoms with E-state index in [1.54, 1.807) is 0 Å². The van der Waals surface area contributed by atoms with Crippen molar-refractivity contribution in [1.82, 2.24) is 9.97 Å². The van der Waals surface area contributed by atoms with Gasteiger partial charge in [0.25, 0.3) is 0 Å². The van der Waals surface area contributed by atoms with Gasteiger partial charge in [0.05, 0.1) is 11.3 Å². The lowest BCUT2D eigenvalue weighted by Gasteiger charge is -2.02. The van der Waals surface area contributed by atoms with Gasteiger partial charge in [0.1, 0.15) is 5.82 Å². The molecule has 0 saturated carbocycles. The van der Waals surface area contributed by atoms with Crippen molar-refractivity contribution in [2.24, 2.45) is 5.92 Å². The number of nitrogens with zero attached hydrogens (tertiary/aromatic N) is 2. The largest absolute Gasteiger partial charge is 0.382 e. The third kappa shape index (κ3) is 3.13. The zero-order valence-electron chi connectivity index (χ0n) is 9.33. The minimum Gasteiger partial charge on any atom is -0.382 e. The highest BCUT2D eigenvalue weighted by molar-refractivity contribution is 5.55. The van der Waals surface area contributed by atoms with Crippen LogP contribution in [0.25, 0.3) is 0 Å². The van der Waals surface area contributed by atoms with Crippen LogP contribution in [0, 0.1) is 24.7 Å². The Morgan fingerprint density at radius 3 is 2.47 bits per heavy atom. The van der Waals surface area contributed by atoms with E-state index < -0.39 is 0 Å². The Kier molecular flexibility index (Phi) is 3.51. The molecule has 0 fully saturated rings. The lowest BCUT2D eigenvalue weighted by molar-refractivity contribution is 0.676. The first kappa shape index (κ1) is 11.3. The third-order valence-corrected chi connectivity index (χ3v) is 1.86. The van der Waals surface area contributed by atoms with E-state index in [4.69, 9.17) is 11.5 Å². The van der Waals surface area contributed by atoms with E-state index in [0.717, 1.165) is 12.1 Å². The van der Waals surface area contributed by atoms with Gasteiger partial charge in [-0.1, -0.05) is 25.7 Å². The fraction of sp³-hybridized carbons (Fsp3) is 0.455. The van der Waals surface area contributed by atoms with Gasteiger partial charge in [-0.2, -0.15) is 4.98 Å². The van der Waals surface area contributed by atoms with Crippen LogP contribution in [0.4, 0.5) is 11.8 Å². The summed E-state index contributed by atoms with van der Waals surface area (Å²) in [5.74, 6) is 7.14. The Labute approximate surface area is 90.1 Å². The monoisotopic (exact) mass is 204 g/mol. The summed E-state index contributed by atoms with van der Waals surface area (Å²) in [6, 6.07) is 0. The fourth-order valence-electron chi connectivity index (χ4n) is 1.12. The van der Waals surface area contributed by atoms with Gasteiger partial charge in [0.2, 0.25) is 5.95 Å². The average molecular weight is 204 g/mol. The van der Waals surface area contributed by atoms with Gasteiger partial charge in [0.15, 0.2) is 0 Å². The van der Waals surface area contributed by atoms with Crippen LogP contribution in [-0.4, -0.2) is 9.97 Å². The molecule has 15 heavy (non-hydrogen) atoms. The molecule has 0 bridgehead atoms. The van der Waals surface area contributed by atoms with E-state index in [-0.39, 0.29) is 5.95 Å². The van der Waals surface area contributed by atoms with Crippen molar-refractivity contribution in [2.75, 3.05) is 11.5 Å². The zero-order valence-corrected chi connectivity index (χ0v) is 9.33. The number of aryl methyl sites for hydroxylation is 1. The normalized spacial score (nSPS) is 9.87. The molecule has 0 atom stereocenters. The van der Waals surface area contributed by atoms with Gasteiger partial charge >= 0.3 is 0 Å². The summed E-state index contributed by atoms with van der Waals surface area (Å²) in [6.07, 6.45) is 0.837. The number of nitrogen functional groups attached to an aromatic ring is 2. The molecule has 0 spiro atoms. The number of rotatable bonds is 1. The summed E-state index contributed by atoms with van der Waals surface area (Å²) >= 11 is 0. The average Bonchev–Trinajstić information content (AvgIpc) is 2.08. The van der Waals surface area contributed by atoms with Crippen molar-refractivity contribution < 1.29 is 0 Å². The Balaban J connectivity index is 2.98. The molecule has 1 heterocycles. The molecule has 1 aromatic rings. The van der Waals surface area contributed by atoms with Crippen molar-refractivity contribution in [1.29, 1.82) is 0 Å². The first-order chi connectivity index (χ1) is 7.00. The first-order valence-electron chi connectivity index (χ1n) is 4.89. The molecule has 4 N–H and O–H groups in total. The van der Waals surface area contributed by atoms with Crippen LogP contribution >= 0.6 is 0 Å². The molecule has 0 aliphatic carbocycles. The van der Waals surface area contributed by atoms with Crippen molar-refractivity contribution in [2.45, 2.75) is 27.2 Å². The summed E-state index contributed by atoms with van der Waals surface area (Å²) < 4.78 is 0. The van der Waals surface area contributed by atoms with Crippen molar-refractivity contribution >= 4 is 11.8 Å². The van der Waals surface area contributed by atoms with E-state index >= 15 is 0 Å². The Hall–Kier alpha value is -1.76. The van der Waals surface area contributed by atoms with Crippen LogP contribution < -0.4 is 11.5 Å². The summed E-state index contributed by atoms with van der Waals surface area (Å²) in [5, 5.41) is 0. The predicted octanol–water partition coefficient (Wildman–Crippen LogP) is 1.35.